The van der Waals surface area contributed by atoms with Gasteiger partial charge in [0.15, 0.2) is 0 Å². The van der Waals surface area contributed by atoms with Gasteiger partial charge in [-0.05, 0) is 24.7 Å². The second kappa shape index (κ2) is 6.53. The first kappa shape index (κ1) is 15.4. The summed E-state index contributed by atoms with van der Waals surface area (Å²) < 4.78 is 5.09. The Morgan fingerprint density at radius 1 is 1.44 bits per heavy atom. The zero-order valence-electron chi connectivity index (χ0n) is 12.2. The highest BCUT2D eigenvalue weighted by Crippen LogP contribution is 2.31. The quantitative estimate of drug-likeness (QED) is 0.753. The Labute approximate surface area is 111 Å². The minimum Gasteiger partial charge on any atom is -0.383 e. The Balaban J connectivity index is 2.61. The van der Waals surface area contributed by atoms with Crippen molar-refractivity contribution in [1.29, 1.82) is 0 Å². The number of rotatable bonds is 7. The van der Waals surface area contributed by atoms with Crippen LogP contribution in [-0.4, -0.2) is 43.7 Å². The van der Waals surface area contributed by atoms with E-state index < -0.39 is 0 Å². The van der Waals surface area contributed by atoms with Crippen molar-refractivity contribution >= 4 is 5.91 Å². The standard InChI is InChI=1S/C14H28N2O2/c1-14(2,3)9-11(10-15)13(17)16(7-8-18-4)12-5-6-12/h11-12H,5-10,15H2,1-4H3. The van der Waals surface area contributed by atoms with Crippen LogP contribution in [0.4, 0.5) is 0 Å². The van der Waals surface area contributed by atoms with Gasteiger partial charge in [0, 0.05) is 26.2 Å². The number of nitrogens with two attached hydrogens (primary N) is 1. The smallest absolute Gasteiger partial charge is 0.227 e. The number of methoxy groups -OCH3 is 1. The molecule has 0 aliphatic heterocycles. The third-order valence-corrected chi connectivity index (χ3v) is 3.30. The molecule has 4 nitrogen and oxygen atoms in total. The fourth-order valence-electron chi connectivity index (χ4n) is 2.29. The van der Waals surface area contributed by atoms with Crippen LogP contribution in [0.2, 0.25) is 0 Å². The lowest BCUT2D eigenvalue weighted by Gasteiger charge is -2.30. The molecule has 1 aliphatic carbocycles. The molecule has 1 rings (SSSR count). The van der Waals surface area contributed by atoms with Crippen LogP contribution in [0.1, 0.15) is 40.0 Å². The van der Waals surface area contributed by atoms with Gasteiger partial charge in [-0.3, -0.25) is 4.79 Å². The highest BCUT2D eigenvalue weighted by atomic mass is 16.5. The molecule has 0 spiro atoms. The molecule has 0 saturated heterocycles. The molecule has 0 bridgehead atoms. The van der Waals surface area contributed by atoms with E-state index in [1.54, 1.807) is 7.11 Å². The molecule has 1 atom stereocenters. The van der Waals surface area contributed by atoms with E-state index in [4.69, 9.17) is 10.5 Å². The van der Waals surface area contributed by atoms with Gasteiger partial charge < -0.3 is 15.4 Å². The largest absolute Gasteiger partial charge is 0.383 e. The first-order chi connectivity index (χ1) is 8.39. The van der Waals surface area contributed by atoms with Crippen molar-refractivity contribution in [2.24, 2.45) is 17.1 Å². The summed E-state index contributed by atoms with van der Waals surface area (Å²) in [6.07, 6.45) is 3.10. The molecule has 1 fully saturated rings. The number of ether oxygens (including phenoxy) is 1. The fraction of sp³-hybridized carbons (Fsp3) is 0.929. The average molecular weight is 256 g/mol. The Morgan fingerprint density at radius 3 is 2.44 bits per heavy atom. The summed E-state index contributed by atoms with van der Waals surface area (Å²) in [7, 11) is 1.67. The molecule has 0 aromatic heterocycles. The Hall–Kier alpha value is -0.610. The monoisotopic (exact) mass is 256 g/mol. The van der Waals surface area contributed by atoms with Crippen LogP contribution < -0.4 is 5.73 Å². The lowest BCUT2D eigenvalue weighted by atomic mass is 9.84. The topological polar surface area (TPSA) is 55.6 Å². The van der Waals surface area contributed by atoms with Gasteiger partial charge in [0.1, 0.15) is 0 Å². The van der Waals surface area contributed by atoms with Gasteiger partial charge in [-0.1, -0.05) is 20.8 Å². The molecule has 0 radical (unpaired) electrons. The second-order valence-electron chi connectivity index (χ2n) is 6.45. The highest BCUT2D eigenvalue weighted by molar-refractivity contribution is 5.79. The molecule has 1 aliphatic rings. The molecule has 1 saturated carbocycles. The van der Waals surface area contributed by atoms with Crippen molar-refractivity contribution in [3.05, 3.63) is 0 Å². The van der Waals surface area contributed by atoms with Crippen molar-refractivity contribution in [1.82, 2.24) is 4.90 Å². The van der Waals surface area contributed by atoms with Crippen molar-refractivity contribution in [3.63, 3.8) is 0 Å². The Morgan fingerprint density at radius 2 is 2.06 bits per heavy atom. The van der Waals surface area contributed by atoms with E-state index in [1.165, 1.54) is 0 Å². The Kier molecular flexibility index (Phi) is 5.60. The number of hydrogen-bond donors (Lipinski definition) is 1. The summed E-state index contributed by atoms with van der Waals surface area (Å²) in [6, 6.07) is 0.432. The van der Waals surface area contributed by atoms with Crippen molar-refractivity contribution in [2.75, 3.05) is 26.8 Å². The van der Waals surface area contributed by atoms with Gasteiger partial charge in [0.25, 0.3) is 0 Å². The summed E-state index contributed by atoms with van der Waals surface area (Å²) in [6.45, 7) is 8.20. The van der Waals surface area contributed by atoms with Crippen molar-refractivity contribution < 1.29 is 9.53 Å². The van der Waals surface area contributed by atoms with Crippen molar-refractivity contribution in [3.8, 4) is 0 Å². The minimum absolute atomic E-state index is 0.0533. The van der Waals surface area contributed by atoms with Crippen LogP contribution in [0.5, 0.6) is 0 Å². The molecule has 1 unspecified atom stereocenters. The van der Waals surface area contributed by atoms with Crippen LogP contribution in [0.25, 0.3) is 0 Å². The van der Waals surface area contributed by atoms with Gasteiger partial charge in [-0.25, -0.2) is 0 Å². The lowest BCUT2D eigenvalue weighted by Crippen LogP contribution is -2.43. The van der Waals surface area contributed by atoms with Gasteiger partial charge >= 0.3 is 0 Å². The van der Waals surface area contributed by atoms with E-state index in [0.717, 1.165) is 19.3 Å². The van der Waals surface area contributed by atoms with Crippen molar-refractivity contribution in [2.45, 2.75) is 46.1 Å². The summed E-state index contributed by atoms with van der Waals surface area (Å²) in [5.74, 6) is 0.162. The normalized spacial score (nSPS) is 17.6. The van der Waals surface area contributed by atoms with E-state index in [9.17, 15) is 4.79 Å². The molecule has 2 N–H and O–H groups in total. The van der Waals surface area contributed by atoms with E-state index >= 15 is 0 Å². The Bertz CT molecular complexity index is 269. The summed E-state index contributed by atoms with van der Waals surface area (Å²) >= 11 is 0. The first-order valence-corrected chi connectivity index (χ1v) is 6.88. The first-order valence-electron chi connectivity index (χ1n) is 6.88. The molecule has 0 aromatic rings. The minimum atomic E-state index is -0.0533. The zero-order chi connectivity index (χ0) is 13.8. The molecule has 18 heavy (non-hydrogen) atoms. The zero-order valence-corrected chi connectivity index (χ0v) is 12.2. The predicted octanol–water partition coefficient (Wildman–Crippen LogP) is 1.63. The molecule has 4 heteroatoms. The van der Waals surface area contributed by atoms with Crippen LogP contribution >= 0.6 is 0 Å². The number of hydrogen-bond acceptors (Lipinski definition) is 3. The van der Waals surface area contributed by atoms with Gasteiger partial charge in [-0.2, -0.15) is 0 Å². The number of nitrogens with zero attached hydrogens (tertiary/aromatic N) is 1. The van der Waals surface area contributed by atoms with E-state index in [0.29, 0.717) is 25.7 Å². The molecular weight excluding hydrogens is 228 g/mol. The molecule has 0 heterocycles. The third kappa shape index (κ3) is 4.94. The van der Waals surface area contributed by atoms with E-state index in [-0.39, 0.29) is 17.2 Å². The van der Waals surface area contributed by atoms with Crippen LogP contribution in [-0.2, 0) is 9.53 Å². The van der Waals surface area contributed by atoms with Gasteiger partial charge in [0.2, 0.25) is 5.91 Å². The summed E-state index contributed by atoms with van der Waals surface area (Å²) in [5.41, 5.74) is 5.92. The molecule has 106 valence electrons. The fourth-order valence-corrected chi connectivity index (χ4v) is 2.29. The maximum atomic E-state index is 12.5. The summed E-state index contributed by atoms with van der Waals surface area (Å²) in [5, 5.41) is 0. The van der Waals surface area contributed by atoms with Gasteiger partial charge in [-0.15, -0.1) is 0 Å². The molecule has 1 amide bonds. The SMILES string of the molecule is COCCN(C(=O)C(CN)CC(C)(C)C)C1CC1. The predicted molar refractivity (Wildman–Crippen MR) is 73.2 cm³/mol. The van der Waals surface area contributed by atoms with Crippen LogP contribution in [0, 0.1) is 11.3 Å². The lowest BCUT2D eigenvalue weighted by molar-refractivity contribution is -0.137. The average Bonchev–Trinajstić information content (AvgIpc) is 3.09. The molecule has 0 aromatic carbocycles. The highest BCUT2D eigenvalue weighted by Gasteiger charge is 2.36. The van der Waals surface area contributed by atoms with Gasteiger partial charge in [0.05, 0.1) is 12.5 Å². The van der Waals surface area contributed by atoms with Crippen LogP contribution in [0.15, 0.2) is 0 Å². The number of carbonyl (C=O) groups is 1. The number of carbonyl (C=O) groups excluding carboxylic acids is 1. The third-order valence-electron chi connectivity index (χ3n) is 3.30. The second-order valence-corrected chi connectivity index (χ2v) is 6.45. The number of amides is 1. The van der Waals surface area contributed by atoms with Crippen LogP contribution in [0.3, 0.4) is 0 Å². The van der Waals surface area contributed by atoms with E-state index in [2.05, 4.69) is 20.8 Å². The van der Waals surface area contributed by atoms with E-state index in [1.807, 2.05) is 4.90 Å². The summed E-state index contributed by atoms with van der Waals surface area (Å²) in [4.78, 5) is 14.5. The maximum absolute atomic E-state index is 12.5. The maximum Gasteiger partial charge on any atom is 0.227 e. The molecular formula is C14H28N2O2.